The third kappa shape index (κ3) is 2.37. The molecule has 2 aromatic carbocycles. The topological polar surface area (TPSA) is 82.9 Å². The molecule has 4 rings (SSSR count). The molecule has 0 saturated heterocycles. The summed E-state index contributed by atoms with van der Waals surface area (Å²) in [4.78, 5) is 4.32. The Kier molecular flexibility index (Phi) is 3.56. The number of nitrogens with two attached hydrogens (primary N) is 2. The lowest BCUT2D eigenvalue weighted by Gasteiger charge is -2.35. The first-order valence-corrected chi connectivity index (χ1v) is 8.23. The van der Waals surface area contributed by atoms with Gasteiger partial charge in [-0.15, -0.1) is 0 Å². The van der Waals surface area contributed by atoms with Gasteiger partial charge in [-0.05, 0) is 49.1 Å². The minimum Gasteiger partial charge on any atom is -0.496 e. The first kappa shape index (κ1) is 14.9. The van der Waals surface area contributed by atoms with E-state index in [0.717, 1.165) is 36.3 Å². The number of aliphatic imine (C=N–C) groups is 1. The van der Waals surface area contributed by atoms with Gasteiger partial charge in [-0.25, -0.2) is 0 Å². The summed E-state index contributed by atoms with van der Waals surface area (Å²) >= 11 is 0. The molecular formula is C19H21N3O2. The second kappa shape index (κ2) is 5.74. The number of anilines is 1. The molecule has 0 bridgehead atoms. The number of methoxy groups -OCH3 is 1. The van der Waals surface area contributed by atoms with Crippen molar-refractivity contribution < 1.29 is 9.47 Å². The third-order valence-electron chi connectivity index (χ3n) is 4.91. The highest BCUT2D eigenvalue weighted by Crippen LogP contribution is 2.49. The van der Waals surface area contributed by atoms with Gasteiger partial charge in [0.15, 0.2) is 0 Å². The van der Waals surface area contributed by atoms with Crippen molar-refractivity contribution in [1.82, 2.24) is 0 Å². The summed E-state index contributed by atoms with van der Waals surface area (Å²) in [5.41, 5.74) is 17.0. The van der Waals surface area contributed by atoms with E-state index < -0.39 is 0 Å². The minimum atomic E-state index is -0.198. The maximum Gasteiger partial charge on any atom is 0.287 e. The van der Waals surface area contributed by atoms with E-state index in [-0.39, 0.29) is 18.0 Å². The molecule has 4 N–H and O–H groups in total. The van der Waals surface area contributed by atoms with Crippen LogP contribution in [0, 0.1) is 0 Å². The van der Waals surface area contributed by atoms with Gasteiger partial charge < -0.3 is 20.9 Å². The fourth-order valence-corrected chi connectivity index (χ4v) is 3.91. The molecule has 5 nitrogen and oxygen atoms in total. The molecular weight excluding hydrogens is 302 g/mol. The number of fused-ring (bicyclic) bond motifs is 2. The van der Waals surface area contributed by atoms with Gasteiger partial charge in [-0.2, -0.15) is 4.99 Å². The van der Waals surface area contributed by atoms with Gasteiger partial charge in [0.05, 0.1) is 12.8 Å². The summed E-state index contributed by atoms with van der Waals surface area (Å²) in [6, 6.07) is 12.1. The zero-order valence-corrected chi connectivity index (χ0v) is 13.7. The molecule has 1 aliphatic carbocycles. The quantitative estimate of drug-likeness (QED) is 0.830. The van der Waals surface area contributed by atoms with Crippen LogP contribution in [0.1, 0.15) is 41.6 Å². The summed E-state index contributed by atoms with van der Waals surface area (Å²) in [5, 5.41) is 0. The number of aryl methyl sites for hydroxylation is 1. The Labute approximate surface area is 141 Å². The highest BCUT2D eigenvalue weighted by Gasteiger charge is 2.36. The van der Waals surface area contributed by atoms with E-state index >= 15 is 0 Å². The van der Waals surface area contributed by atoms with E-state index in [1.165, 1.54) is 11.1 Å². The lowest BCUT2D eigenvalue weighted by atomic mass is 9.77. The van der Waals surface area contributed by atoms with Gasteiger partial charge in [0.1, 0.15) is 11.9 Å². The van der Waals surface area contributed by atoms with Crippen LogP contribution in [0.25, 0.3) is 0 Å². The van der Waals surface area contributed by atoms with Crippen molar-refractivity contribution >= 4 is 17.4 Å². The van der Waals surface area contributed by atoms with Gasteiger partial charge in [-0.3, -0.25) is 0 Å². The number of hydrogen-bond acceptors (Lipinski definition) is 5. The predicted molar refractivity (Wildman–Crippen MR) is 94.6 cm³/mol. The summed E-state index contributed by atoms with van der Waals surface area (Å²) in [6.45, 7) is 0. The summed E-state index contributed by atoms with van der Waals surface area (Å²) in [7, 11) is 1.71. The van der Waals surface area contributed by atoms with E-state index in [1.54, 1.807) is 7.11 Å². The van der Waals surface area contributed by atoms with Crippen molar-refractivity contribution in [2.24, 2.45) is 10.7 Å². The van der Waals surface area contributed by atoms with Crippen LogP contribution in [0.2, 0.25) is 0 Å². The first-order valence-electron chi connectivity index (χ1n) is 8.23. The number of ether oxygens (including phenoxy) is 2. The third-order valence-corrected chi connectivity index (χ3v) is 4.91. The molecule has 2 aliphatic rings. The van der Waals surface area contributed by atoms with Gasteiger partial charge in [0, 0.05) is 22.7 Å². The Hall–Kier alpha value is -2.69. The van der Waals surface area contributed by atoms with E-state index in [2.05, 4.69) is 11.1 Å². The Balaban J connectivity index is 1.85. The Bertz CT molecular complexity index is 802. The molecule has 24 heavy (non-hydrogen) atoms. The van der Waals surface area contributed by atoms with Crippen molar-refractivity contribution in [2.75, 3.05) is 12.8 Å². The number of benzene rings is 2. The van der Waals surface area contributed by atoms with Crippen molar-refractivity contribution in [3.63, 3.8) is 0 Å². The van der Waals surface area contributed by atoms with Crippen LogP contribution in [0.3, 0.4) is 0 Å². The fourth-order valence-electron chi connectivity index (χ4n) is 3.91. The summed E-state index contributed by atoms with van der Waals surface area (Å²) in [6.07, 6.45) is 2.98. The zero-order valence-electron chi connectivity index (χ0n) is 13.7. The SMILES string of the molecule is COc1cccc2c1C(C1OC(N)=Nc3ccc(N)cc31)CCC2. The average molecular weight is 323 g/mol. The van der Waals surface area contributed by atoms with E-state index in [4.69, 9.17) is 20.9 Å². The molecule has 0 aromatic heterocycles. The smallest absolute Gasteiger partial charge is 0.287 e. The van der Waals surface area contributed by atoms with Gasteiger partial charge in [0.2, 0.25) is 0 Å². The predicted octanol–water partition coefficient (Wildman–Crippen LogP) is 3.42. The Morgan fingerprint density at radius 1 is 1.21 bits per heavy atom. The van der Waals surface area contributed by atoms with Gasteiger partial charge in [0.25, 0.3) is 6.02 Å². The minimum absolute atomic E-state index is 0.166. The first-order chi connectivity index (χ1) is 11.7. The number of nitrogen functional groups attached to an aromatic ring is 1. The van der Waals surface area contributed by atoms with Crippen molar-refractivity contribution in [3.05, 3.63) is 53.1 Å². The fraction of sp³-hybridized carbons (Fsp3) is 0.316. The molecule has 0 amide bonds. The highest BCUT2D eigenvalue weighted by molar-refractivity contribution is 5.79. The molecule has 2 unspecified atom stereocenters. The summed E-state index contributed by atoms with van der Waals surface area (Å²) in [5.74, 6) is 1.08. The maximum atomic E-state index is 6.00. The van der Waals surface area contributed by atoms with Crippen LogP contribution < -0.4 is 16.2 Å². The van der Waals surface area contributed by atoms with E-state index in [9.17, 15) is 0 Å². The number of nitrogens with zero attached hydrogens (tertiary/aromatic N) is 1. The zero-order chi connectivity index (χ0) is 16.7. The molecule has 5 heteroatoms. The summed E-state index contributed by atoms with van der Waals surface area (Å²) < 4.78 is 11.6. The molecule has 2 atom stereocenters. The van der Waals surface area contributed by atoms with Crippen molar-refractivity contribution in [1.29, 1.82) is 0 Å². The molecule has 0 spiro atoms. The molecule has 0 radical (unpaired) electrons. The van der Waals surface area contributed by atoms with Crippen LogP contribution in [-0.4, -0.2) is 13.1 Å². The molecule has 1 aliphatic heterocycles. The normalized spacial score (nSPS) is 22.0. The molecule has 0 fully saturated rings. The average Bonchev–Trinajstić information content (AvgIpc) is 2.60. The molecule has 124 valence electrons. The number of rotatable bonds is 2. The largest absolute Gasteiger partial charge is 0.496 e. The second-order valence-corrected chi connectivity index (χ2v) is 6.34. The second-order valence-electron chi connectivity index (χ2n) is 6.34. The van der Waals surface area contributed by atoms with Crippen molar-refractivity contribution in [3.8, 4) is 5.75 Å². The van der Waals surface area contributed by atoms with E-state index in [1.807, 2.05) is 30.3 Å². The Morgan fingerprint density at radius 2 is 2.08 bits per heavy atom. The number of amidine groups is 1. The standard InChI is InChI=1S/C19H21N3O2/c1-23-16-7-3-5-11-4-2-6-13(17(11)16)18-14-10-12(20)8-9-15(14)22-19(21)24-18/h3,5,7-10,13,18H,2,4,6,20H2,1H3,(H2,21,22). The lowest BCUT2D eigenvalue weighted by Crippen LogP contribution is -2.28. The van der Waals surface area contributed by atoms with Crippen molar-refractivity contribution in [2.45, 2.75) is 31.3 Å². The van der Waals surface area contributed by atoms with Crippen LogP contribution in [0.4, 0.5) is 11.4 Å². The highest BCUT2D eigenvalue weighted by atomic mass is 16.5. The number of hydrogen-bond donors (Lipinski definition) is 2. The van der Waals surface area contributed by atoms with Crippen LogP contribution >= 0.6 is 0 Å². The lowest BCUT2D eigenvalue weighted by molar-refractivity contribution is 0.141. The van der Waals surface area contributed by atoms with E-state index in [0.29, 0.717) is 5.69 Å². The van der Waals surface area contributed by atoms with Gasteiger partial charge in [-0.1, -0.05) is 12.1 Å². The molecule has 0 saturated carbocycles. The van der Waals surface area contributed by atoms with Crippen LogP contribution in [0.15, 0.2) is 41.4 Å². The monoisotopic (exact) mass is 323 g/mol. The van der Waals surface area contributed by atoms with Gasteiger partial charge >= 0.3 is 0 Å². The van der Waals surface area contributed by atoms with Crippen LogP contribution in [-0.2, 0) is 11.2 Å². The molecule has 2 aromatic rings. The van der Waals surface area contributed by atoms with Crippen LogP contribution in [0.5, 0.6) is 5.75 Å². The Morgan fingerprint density at radius 3 is 2.92 bits per heavy atom. The molecule has 1 heterocycles. The maximum absolute atomic E-state index is 6.00.